The molecule has 0 saturated heterocycles. The molecule has 0 aliphatic heterocycles. The lowest BCUT2D eigenvalue weighted by atomic mass is 9.90. The number of ether oxygens (including phenoxy) is 2. The Kier molecular flexibility index (Phi) is 5.57. The van der Waals surface area contributed by atoms with Gasteiger partial charge in [-0.3, -0.25) is 0 Å². The van der Waals surface area contributed by atoms with Crippen LogP contribution in [0.1, 0.15) is 25.8 Å². The van der Waals surface area contributed by atoms with Crippen molar-refractivity contribution >= 4 is 17.2 Å². The van der Waals surface area contributed by atoms with Gasteiger partial charge in [0.25, 0.3) is 0 Å². The van der Waals surface area contributed by atoms with Gasteiger partial charge < -0.3 is 20.3 Å². The number of benzene rings is 1. The highest BCUT2D eigenvalue weighted by molar-refractivity contribution is 7.80. The van der Waals surface area contributed by atoms with E-state index in [1.807, 2.05) is 13.8 Å². The second kappa shape index (κ2) is 6.73. The molecule has 0 heterocycles. The molecule has 0 atom stereocenters. The average Bonchev–Trinajstić information content (AvgIpc) is 2.38. The summed E-state index contributed by atoms with van der Waals surface area (Å²) in [5.74, 6) is 1.26. The quantitative estimate of drug-likeness (QED) is 0.752. The van der Waals surface area contributed by atoms with Gasteiger partial charge in [-0.05, 0) is 24.1 Å². The van der Waals surface area contributed by atoms with Crippen LogP contribution in [0.3, 0.4) is 0 Å². The number of aliphatic hydroxyl groups excluding tert-OH is 1. The van der Waals surface area contributed by atoms with E-state index >= 15 is 0 Å². The highest BCUT2D eigenvalue weighted by atomic mass is 32.1. The van der Waals surface area contributed by atoms with Crippen molar-refractivity contribution in [1.29, 1.82) is 0 Å². The minimum absolute atomic E-state index is 0.0227. The van der Waals surface area contributed by atoms with E-state index in [1.165, 1.54) is 0 Å². The number of methoxy groups -OCH3 is 1. The van der Waals surface area contributed by atoms with Crippen LogP contribution in [0.4, 0.5) is 0 Å². The van der Waals surface area contributed by atoms with Gasteiger partial charge in [0, 0.05) is 5.41 Å². The van der Waals surface area contributed by atoms with E-state index in [2.05, 4.69) is 0 Å². The van der Waals surface area contributed by atoms with Crippen LogP contribution >= 0.6 is 12.2 Å². The zero-order valence-electron chi connectivity index (χ0n) is 11.6. The van der Waals surface area contributed by atoms with Crippen molar-refractivity contribution < 1.29 is 14.6 Å². The zero-order valence-corrected chi connectivity index (χ0v) is 12.4. The van der Waals surface area contributed by atoms with Crippen LogP contribution in [0.2, 0.25) is 0 Å². The van der Waals surface area contributed by atoms with Crippen LogP contribution in [-0.2, 0) is 6.61 Å². The molecular formula is C14H21NO3S. The van der Waals surface area contributed by atoms with Crippen molar-refractivity contribution in [3.63, 3.8) is 0 Å². The van der Waals surface area contributed by atoms with Gasteiger partial charge in [-0.1, -0.05) is 32.1 Å². The lowest BCUT2D eigenvalue weighted by Gasteiger charge is -2.23. The number of hydrogen-bond acceptors (Lipinski definition) is 4. The molecule has 19 heavy (non-hydrogen) atoms. The topological polar surface area (TPSA) is 64.7 Å². The Hall–Kier alpha value is -1.33. The van der Waals surface area contributed by atoms with Gasteiger partial charge in [0.1, 0.15) is 0 Å². The summed E-state index contributed by atoms with van der Waals surface area (Å²) in [6, 6.07) is 5.35. The first-order valence-corrected chi connectivity index (χ1v) is 6.52. The molecule has 0 fully saturated rings. The lowest BCUT2D eigenvalue weighted by Crippen LogP contribution is -2.31. The molecule has 0 aliphatic rings. The van der Waals surface area contributed by atoms with Crippen LogP contribution in [0.25, 0.3) is 0 Å². The van der Waals surface area contributed by atoms with Crippen LogP contribution in [0.5, 0.6) is 11.5 Å². The summed E-state index contributed by atoms with van der Waals surface area (Å²) in [6.07, 6.45) is 0.729. The lowest BCUT2D eigenvalue weighted by molar-refractivity contribution is 0.255. The molecule has 0 saturated carbocycles. The maximum atomic E-state index is 9.07. The Morgan fingerprint density at radius 3 is 2.58 bits per heavy atom. The summed E-state index contributed by atoms with van der Waals surface area (Å²) < 4.78 is 10.9. The first kappa shape index (κ1) is 15.7. The van der Waals surface area contributed by atoms with Crippen LogP contribution < -0.4 is 15.2 Å². The zero-order chi connectivity index (χ0) is 14.5. The minimum atomic E-state index is -0.229. The molecule has 1 aromatic carbocycles. The smallest absolute Gasteiger partial charge is 0.161 e. The minimum Gasteiger partial charge on any atom is -0.493 e. The Bertz CT molecular complexity index is 446. The van der Waals surface area contributed by atoms with E-state index in [0.717, 1.165) is 12.0 Å². The fourth-order valence-corrected chi connectivity index (χ4v) is 1.57. The van der Waals surface area contributed by atoms with Crippen molar-refractivity contribution in [3.8, 4) is 11.5 Å². The normalized spacial score (nSPS) is 11.2. The molecule has 0 aliphatic carbocycles. The Morgan fingerprint density at radius 1 is 1.37 bits per heavy atom. The third kappa shape index (κ3) is 4.36. The monoisotopic (exact) mass is 283 g/mol. The molecule has 0 spiro atoms. The molecule has 106 valence electrons. The Labute approximate surface area is 119 Å². The number of rotatable bonds is 7. The maximum Gasteiger partial charge on any atom is 0.161 e. The summed E-state index contributed by atoms with van der Waals surface area (Å²) in [5.41, 5.74) is 6.22. The van der Waals surface area contributed by atoms with Crippen molar-refractivity contribution in [2.75, 3.05) is 13.7 Å². The number of hydrogen-bond donors (Lipinski definition) is 2. The average molecular weight is 283 g/mol. The molecular weight excluding hydrogens is 262 g/mol. The van der Waals surface area contributed by atoms with Crippen LogP contribution in [-0.4, -0.2) is 23.8 Å². The number of thiocarbonyl (C=S) groups is 1. The van der Waals surface area contributed by atoms with E-state index in [-0.39, 0.29) is 12.0 Å². The van der Waals surface area contributed by atoms with E-state index in [1.54, 1.807) is 25.3 Å². The van der Waals surface area contributed by atoms with Gasteiger partial charge in [0.2, 0.25) is 0 Å². The second-order valence-electron chi connectivity index (χ2n) is 4.99. The fourth-order valence-electron chi connectivity index (χ4n) is 1.47. The highest BCUT2D eigenvalue weighted by Crippen LogP contribution is 2.29. The van der Waals surface area contributed by atoms with Crippen molar-refractivity contribution in [2.24, 2.45) is 11.1 Å². The van der Waals surface area contributed by atoms with Crippen molar-refractivity contribution in [2.45, 2.75) is 26.9 Å². The largest absolute Gasteiger partial charge is 0.493 e. The molecule has 5 heteroatoms. The Balaban J connectivity index is 2.65. The molecule has 1 rings (SSSR count). The summed E-state index contributed by atoms with van der Waals surface area (Å²) in [4.78, 5) is 0.485. The third-order valence-corrected chi connectivity index (χ3v) is 3.61. The SMILES string of the molecule is COc1cc(CO)ccc1OCCC(C)(C)C(N)=S. The van der Waals surface area contributed by atoms with Crippen LogP contribution in [0, 0.1) is 5.41 Å². The highest BCUT2D eigenvalue weighted by Gasteiger charge is 2.21. The van der Waals surface area contributed by atoms with Gasteiger partial charge >= 0.3 is 0 Å². The molecule has 3 N–H and O–H groups in total. The van der Waals surface area contributed by atoms with Gasteiger partial charge in [0.05, 0.1) is 25.3 Å². The van der Waals surface area contributed by atoms with Gasteiger partial charge in [-0.25, -0.2) is 0 Å². The van der Waals surface area contributed by atoms with Crippen molar-refractivity contribution in [1.82, 2.24) is 0 Å². The first-order chi connectivity index (χ1) is 8.90. The van der Waals surface area contributed by atoms with E-state index in [9.17, 15) is 0 Å². The van der Waals surface area contributed by atoms with E-state index in [4.69, 9.17) is 32.5 Å². The first-order valence-electron chi connectivity index (χ1n) is 6.11. The number of nitrogens with two attached hydrogens (primary N) is 1. The fraction of sp³-hybridized carbons (Fsp3) is 0.500. The summed E-state index contributed by atoms with van der Waals surface area (Å²) in [7, 11) is 1.57. The molecule has 4 nitrogen and oxygen atoms in total. The van der Waals surface area contributed by atoms with Gasteiger partial charge in [-0.15, -0.1) is 0 Å². The van der Waals surface area contributed by atoms with Crippen molar-refractivity contribution in [3.05, 3.63) is 23.8 Å². The van der Waals surface area contributed by atoms with E-state index < -0.39 is 0 Å². The molecule has 1 aromatic rings. The summed E-state index contributed by atoms with van der Waals surface area (Å²) >= 11 is 5.01. The predicted octanol–water partition coefficient (Wildman–Crippen LogP) is 2.27. The maximum absolute atomic E-state index is 9.07. The van der Waals surface area contributed by atoms with E-state index in [0.29, 0.717) is 23.1 Å². The molecule has 0 bridgehead atoms. The Morgan fingerprint density at radius 2 is 2.05 bits per heavy atom. The van der Waals surface area contributed by atoms with Gasteiger partial charge in [-0.2, -0.15) is 0 Å². The summed E-state index contributed by atoms with van der Waals surface area (Å²) in [6.45, 7) is 4.46. The second-order valence-corrected chi connectivity index (χ2v) is 5.43. The van der Waals surface area contributed by atoms with Gasteiger partial charge in [0.15, 0.2) is 11.5 Å². The van der Waals surface area contributed by atoms with Crippen LogP contribution in [0.15, 0.2) is 18.2 Å². The predicted molar refractivity (Wildman–Crippen MR) is 79.6 cm³/mol. The molecule has 0 radical (unpaired) electrons. The molecule has 0 unspecified atom stereocenters. The summed E-state index contributed by atoms with van der Waals surface area (Å²) in [5, 5.41) is 9.07. The third-order valence-electron chi connectivity index (χ3n) is 3.06. The molecule has 0 amide bonds. The molecule has 0 aromatic heterocycles. The standard InChI is InChI=1S/C14H21NO3S/c1-14(2,13(15)19)6-7-18-11-5-4-10(9-16)8-12(11)17-3/h4-5,8,16H,6-7,9H2,1-3H3,(H2,15,19). The number of aliphatic hydroxyl groups is 1.